The predicted octanol–water partition coefficient (Wildman–Crippen LogP) is 2.43. The summed E-state index contributed by atoms with van der Waals surface area (Å²) in [7, 11) is 3.97. The molecular weight excluding hydrogens is 184 g/mol. The van der Waals surface area contributed by atoms with Crippen molar-refractivity contribution in [2.24, 2.45) is 5.73 Å². The van der Waals surface area contributed by atoms with Crippen molar-refractivity contribution >= 4 is 17.3 Å². The van der Waals surface area contributed by atoms with Gasteiger partial charge in [0.25, 0.3) is 0 Å². The van der Waals surface area contributed by atoms with Crippen LogP contribution < -0.4 is 10.6 Å². The fourth-order valence-corrected chi connectivity index (χ4v) is 1.51. The summed E-state index contributed by atoms with van der Waals surface area (Å²) >= 11 is 6.06. The van der Waals surface area contributed by atoms with Gasteiger partial charge in [-0.1, -0.05) is 17.7 Å². The molecule has 72 valence electrons. The summed E-state index contributed by atoms with van der Waals surface area (Å²) in [5, 5.41) is 0.737. The molecule has 1 rings (SSSR count). The zero-order valence-electron chi connectivity index (χ0n) is 8.21. The van der Waals surface area contributed by atoms with Gasteiger partial charge in [0.15, 0.2) is 0 Å². The van der Waals surface area contributed by atoms with Gasteiger partial charge in [-0.25, -0.2) is 0 Å². The van der Waals surface area contributed by atoms with Gasteiger partial charge in [0.2, 0.25) is 0 Å². The largest absolute Gasteiger partial charge is 0.378 e. The van der Waals surface area contributed by atoms with Crippen LogP contribution in [0.25, 0.3) is 0 Å². The minimum Gasteiger partial charge on any atom is -0.378 e. The molecule has 1 aromatic carbocycles. The van der Waals surface area contributed by atoms with Crippen molar-refractivity contribution in [2.75, 3.05) is 19.0 Å². The standard InChI is InChI=1S/C10H15ClN2/c1-7(12)9-5-4-8(13(2)3)6-10(9)11/h4-7H,12H2,1-3H3/t7-/m0/s1. The minimum absolute atomic E-state index is 0.0105. The van der Waals surface area contributed by atoms with Crippen molar-refractivity contribution in [3.63, 3.8) is 0 Å². The van der Waals surface area contributed by atoms with Gasteiger partial charge in [0, 0.05) is 30.8 Å². The third-order valence-electron chi connectivity index (χ3n) is 1.99. The topological polar surface area (TPSA) is 29.3 Å². The Kier molecular flexibility index (Phi) is 3.17. The van der Waals surface area contributed by atoms with Crippen molar-refractivity contribution in [3.05, 3.63) is 28.8 Å². The molecule has 0 heterocycles. The molecule has 0 amide bonds. The third kappa shape index (κ3) is 2.36. The van der Waals surface area contributed by atoms with Gasteiger partial charge in [0.05, 0.1) is 0 Å². The average Bonchev–Trinajstić information content (AvgIpc) is 2.03. The summed E-state index contributed by atoms with van der Waals surface area (Å²) < 4.78 is 0. The van der Waals surface area contributed by atoms with E-state index in [1.54, 1.807) is 0 Å². The molecule has 0 saturated carbocycles. The summed E-state index contributed by atoms with van der Waals surface area (Å²) in [6, 6.07) is 5.91. The van der Waals surface area contributed by atoms with E-state index >= 15 is 0 Å². The highest BCUT2D eigenvalue weighted by atomic mass is 35.5. The second kappa shape index (κ2) is 3.99. The molecule has 0 unspecified atom stereocenters. The van der Waals surface area contributed by atoms with Gasteiger partial charge in [-0.15, -0.1) is 0 Å². The number of benzene rings is 1. The lowest BCUT2D eigenvalue weighted by Gasteiger charge is -2.15. The third-order valence-corrected chi connectivity index (χ3v) is 2.32. The highest BCUT2D eigenvalue weighted by molar-refractivity contribution is 6.31. The molecule has 0 aliphatic rings. The normalized spacial score (nSPS) is 12.7. The van der Waals surface area contributed by atoms with Gasteiger partial charge in [-0.2, -0.15) is 0 Å². The molecule has 0 aliphatic carbocycles. The molecule has 0 bridgehead atoms. The molecule has 0 spiro atoms. The number of anilines is 1. The molecule has 2 nitrogen and oxygen atoms in total. The molecule has 0 aromatic heterocycles. The van der Waals surface area contributed by atoms with E-state index in [0.717, 1.165) is 16.3 Å². The van der Waals surface area contributed by atoms with Crippen LogP contribution in [-0.4, -0.2) is 14.1 Å². The lowest BCUT2D eigenvalue weighted by molar-refractivity contribution is 0.818. The Hall–Kier alpha value is -0.730. The first-order chi connectivity index (χ1) is 6.02. The lowest BCUT2D eigenvalue weighted by atomic mass is 10.1. The van der Waals surface area contributed by atoms with Crippen LogP contribution in [0.1, 0.15) is 18.5 Å². The van der Waals surface area contributed by atoms with Crippen LogP contribution in [0.3, 0.4) is 0 Å². The van der Waals surface area contributed by atoms with E-state index in [1.807, 2.05) is 44.1 Å². The molecule has 13 heavy (non-hydrogen) atoms. The first kappa shape index (κ1) is 10.4. The average molecular weight is 199 g/mol. The van der Waals surface area contributed by atoms with Crippen molar-refractivity contribution < 1.29 is 0 Å². The predicted molar refractivity (Wildman–Crippen MR) is 58.4 cm³/mol. The monoisotopic (exact) mass is 198 g/mol. The molecular formula is C10H15ClN2. The van der Waals surface area contributed by atoms with E-state index in [0.29, 0.717) is 0 Å². The molecule has 0 radical (unpaired) electrons. The van der Waals surface area contributed by atoms with Crippen LogP contribution in [-0.2, 0) is 0 Å². The zero-order valence-corrected chi connectivity index (χ0v) is 8.97. The molecule has 1 aromatic rings. The van der Waals surface area contributed by atoms with Crippen LogP contribution in [0.2, 0.25) is 5.02 Å². The van der Waals surface area contributed by atoms with Gasteiger partial charge in [-0.3, -0.25) is 0 Å². The molecule has 0 aliphatic heterocycles. The Morgan fingerprint density at radius 3 is 2.38 bits per heavy atom. The summed E-state index contributed by atoms with van der Waals surface area (Å²) in [5.41, 5.74) is 7.83. The summed E-state index contributed by atoms with van der Waals surface area (Å²) in [5.74, 6) is 0. The SMILES string of the molecule is C[C@H](N)c1ccc(N(C)C)cc1Cl. The van der Waals surface area contributed by atoms with Crippen LogP contribution in [0, 0.1) is 0 Å². The van der Waals surface area contributed by atoms with Crippen molar-refractivity contribution in [2.45, 2.75) is 13.0 Å². The van der Waals surface area contributed by atoms with Gasteiger partial charge < -0.3 is 10.6 Å². The van der Waals surface area contributed by atoms with Crippen LogP contribution >= 0.6 is 11.6 Å². The van der Waals surface area contributed by atoms with Gasteiger partial charge >= 0.3 is 0 Å². The van der Waals surface area contributed by atoms with Crippen molar-refractivity contribution in [3.8, 4) is 0 Å². The smallest absolute Gasteiger partial charge is 0.0474 e. The summed E-state index contributed by atoms with van der Waals surface area (Å²) in [4.78, 5) is 2.01. The second-order valence-corrected chi connectivity index (χ2v) is 3.80. The number of nitrogens with zero attached hydrogens (tertiary/aromatic N) is 1. The number of hydrogen-bond acceptors (Lipinski definition) is 2. The highest BCUT2D eigenvalue weighted by Crippen LogP contribution is 2.25. The van der Waals surface area contributed by atoms with Crippen molar-refractivity contribution in [1.82, 2.24) is 0 Å². The van der Waals surface area contributed by atoms with Gasteiger partial charge in [-0.05, 0) is 24.6 Å². The second-order valence-electron chi connectivity index (χ2n) is 3.39. The maximum atomic E-state index is 6.06. The van der Waals surface area contributed by atoms with E-state index in [1.165, 1.54) is 0 Å². The minimum atomic E-state index is -0.0105. The summed E-state index contributed by atoms with van der Waals surface area (Å²) in [6.07, 6.45) is 0. The van der Waals surface area contributed by atoms with E-state index in [-0.39, 0.29) is 6.04 Å². The van der Waals surface area contributed by atoms with E-state index in [4.69, 9.17) is 17.3 Å². The number of rotatable bonds is 2. The lowest BCUT2D eigenvalue weighted by Crippen LogP contribution is -2.10. The van der Waals surface area contributed by atoms with Crippen LogP contribution in [0.5, 0.6) is 0 Å². The quantitative estimate of drug-likeness (QED) is 0.791. The first-order valence-corrected chi connectivity index (χ1v) is 4.62. The van der Waals surface area contributed by atoms with E-state index in [2.05, 4.69) is 0 Å². The zero-order chi connectivity index (χ0) is 10.0. The van der Waals surface area contributed by atoms with Gasteiger partial charge in [0.1, 0.15) is 0 Å². The number of hydrogen-bond donors (Lipinski definition) is 1. The van der Waals surface area contributed by atoms with E-state index in [9.17, 15) is 0 Å². The van der Waals surface area contributed by atoms with Crippen LogP contribution in [0.15, 0.2) is 18.2 Å². The Morgan fingerprint density at radius 1 is 1.38 bits per heavy atom. The first-order valence-electron chi connectivity index (χ1n) is 4.24. The maximum absolute atomic E-state index is 6.06. The highest BCUT2D eigenvalue weighted by Gasteiger charge is 2.06. The number of nitrogens with two attached hydrogens (primary N) is 1. The Balaban J connectivity index is 3.06. The summed E-state index contributed by atoms with van der Waals surface area (Å²) in [6.45, 7) is 1.93. The Morgan fingerprint density at radius 2 is 2.00 bits per heavy atom. The Labute approximate surface area is 84.3 Å². The maximum Gasteiger partial charge on any atom is 0.0474 e. The molecule has 3 heteroatoms. The molecule has 1 atom stereocenters. The fourth-order valence-electron chi connectivity index (χ4n) is 1.16. The van der Waals surface area contributed by atoms with E-state index < -0.39 is 0 Å². The number of halogens is 1. The molecule has 0 fully saturated rings. The molecule has 0 saturated heterocycles. The molecule has 2 N–H and O–H groups in total. The fraction of sp³-hybridized carbons (Fsp3) is 0.400. The van der Waals surface area contributed by atoms with Crippen LogP contribution in [0.4, 0.5) is 5.69 Å². The Bertz CT molecular complexity index is 295. The van der Waals surface area contributed by atoms with Crippen molar-refractivity contribution in [1.29, 1.82) is 0 Å².